The highest BCUT2D eigenvalue weighted by Gasteiger charge is 2.01. The summed E-state index contributed by atoms with van der Waals surface area (Å²) >= 11 is 6.05. The van der Waals surface area contributed by atoms with Crippen molar-refractivity contribution in [3.8, 4) is 5.75 Å². The van der Waals surface area contributed by atoms with Gasteiger partial charge in [-0.3, -0.25) is 4.79 Å². The van der Waals surface area contributed by atoms with Crippen LogP contribution in [-0.2, 0) is 0 Å². The van der Waals surface area contributed by atoms with E-state index in [1.54, 1.807) is 18.2 Å². The molecule has 2 nitrogen and oxygen atoms in total. The number of carbonyl (C=O) groups is 1. The highest BCUT2D eigenvalue weighted by atomic mass is 79.9. The maximum atomic E-state index is 10.4. The van der Waals surface area contributed by atoms with Gasteiger partial charge in [-0.2, -0.15) is 0 Å². The molecule has 0 atom stereocenters. The van der Waals surface area contributed by atoms with Gasteiger partial charge in [0, 0.05) is 4.47 Å². The van der Waals surface area contributed by atoms with Gasteiger partial charge in [0.25, 0.3) is 0 Å². The second-order valence-corrected chi connectivity index (χ2v) is 3.12. The molecule has 1 aromatic carbocycles. The van der Waals surface area contributed by atoms with Crippen molar-refractivity contribution >= 4 is 38.5 Å². The van der Waals surface area contributed by atoms with E-state index < -0.39 is 0 Å². The predicted octanol–water partition coefficient (Wildman–Crippen LogP) is 2.95. The highest BCUT2D eigenvalue weighted by Crippen LogP contribution is 2.23. The lowest BCUT2D eigenvalue weighted by Gasteiger charge is -1.99. The molecule has 0 N–H and O–H groups in total. The van der Waals surface area contributed by atoms with E-state index in [0.717, 1.165) is 10.8 Å². The SMILES string of the molecule is O=Cc1ccc(Br)cc1OBr. The molecular weight excluding hydrogens is 276 g/mol. The third kappa shape index (κ3) is 2.04. The molecule has 0 radical (unpaired) electrons. The first kappa shape index (κ1) is 8.74. The average molecular weight is 280 g/mol. The smallest absolute Gasteiger partial charge is 0.179 e. The van der Waals surface area contributed by atoms with Crippen molar-refractivity contribution < 1.29 is 8.62 Å². The lowest BCUT2D eigenvalue weighted by molar-refractivity contribution is 0.112. The van der Waals surface area contributed by atoms with Crippen molar-refractivity contribution in [3.63, 3.8) is 0 Å². The fourth-order valence-corrected chi connectivity index (χ4v) is 1.29. The lowest BCUT2D eigenvalue weighted by Crippen LogP contribution is -1.84. The van der Waals surface area contributed by atoms with Crippen molar-refractivity contribution in [2.75, 3.05) is 0 Å². The maximum Gasteiger partial charge on any atom is 0.179 e. The Morgan fingerprint density at radius 3 is 2.73 bits per heavy atom. The molecule has 0 amide bonds. The summed E-state index contributed by atoms with van der Waals surface area (Å²) < 4.78 is 5.64. The predicted molar refractivity (Wildman–Crippen MR) is 49.1 cm³/mol. The van der Waals surface area contributed by atoms with Gasteiger partial charge in [0.1, 0.15) is 5.75 Å². The molecule has 1 aromatic rings. The Kier molecular flexibility index (Phi) is 3.08. The second-order valence-electron chi connectivity index (χ2n) is 1.88. The van der Waals surface area contributed by atoms with Crippen LogP contribution in [0.5, 0.6) is 5.75 Å². The Bertz CT molecular complexity index is 273. The van der Waals surface area contributed by atoms with Crippen LogP contribution in [0.4, 0.5) is 0 Å². The summed E-state index contributed by atoms with van der Waals surface area (Å²) in [6.45, 7) is 0. The normalized spacial score (nSPS) is 9.27. The summed E-state index contributed by atoms with van der Waals surface area (Å²) in [5.41, 5.74) is 0.519. The quantitative estimate of drug-likeness (QED) is 0.778. The number of benzene rings is 1. The maximum absolute atomic E-state index is 10.4. The number of hydrogen-bond acceptors (Lipinski definition) is 2. The van der Waals surface area contributed by atoms with Crippen LogP contribution in [0, 0.1) is 0 Å². The van der Waals surface area contributed by atoms with E-state index in [1.807, 2.05) is 0 Å². The first-order valence-corrected chi connectivity index (χ1v) is 4.25. The Morgan fingerprint density at radius 1 is 1.45 bits per heavy atom. The standard InChI is InChI=1S/C7H4Br2O2/c8-6-2-1-5(4-10)7(3-6)11-9/h1-4H. The Morgan fingerprint density at radius 2 is 2.18 bits per heavy atom. The van der Waals surface area contributed by atoms with E-state index in [0.29, 0.717) is 11.3 Å². The molecule has 0 aliphatic heterocycles. The third-order valence-corrected chi connectivity index (χ3v) is 2.03. The topological polar surface area (TPSA) is 26.3 Å². The highest BCUT2D eigenvalue weighted by molar-refractivity contribution is 9.10. The van der Waals surface area contributed by atoms with E-state index >= 15 is 0 Å². The molecule has 0 saturated carbocycles. The summed E-state index contributed by atoms with van der Waals surface area (Å²) in [6, 6.07) is 5.16. The number of rotatable bonds is 2. The van der Waals surface area contributed by atoms with Crippen LogP contribution in [0.1, 0.15) is 10.4 Å². The van der Waals surface area contributed by atoms with Crippen molar-refractivity contribution in [1.29, 1.82) is 0 Å². The largest absolute Gasteiger partial charge is 0.417 e. The minimum Gasteiger partial charge on any atom is -0.417 e. The molecule has 1 rings (SSSR count). The van der Waals surface area contributed by atoms with Crippen molar-refractivity contribution in [2.24, 2.45) is 0 Å². The fourth-order valence-electron chi connectivity index (χ4n) is 0.672. The molecular formula is C7H4Br2O2. The molecule has 0 fully saturated rings. The molecule has 58 valence electrons. The monoisotopic (exact) mass is 278 g/mol. The summed E-state index contributed by atoms with van der Waals surface area (Å²) in [5, 5.41) is 0. The third-order valence-electron chi connectivity index (χ3n) is 1.19. The van der Waals surface area contributed by atoms with Crippen LogP contribution in [-0.4, -0.2) is 6.29 Å². The molecule has 11 heavy (non-hydrogen) atoms. The summed E-state index contributed by atoms with van der Waals surface area (Å²) in [7, 11) is 0. The number of halogens is 2. The van der Waals surface area contributed by atoms with Crippen molar-refractivity contribution in [2.45, 2.75) is 0 Å². The molecule has 0 unspecified atom stereocenters. The Labute approximate surface area is 81.1 Å². The molecule has 0 aliphatic rings. The molecule has 0 spiro atoms. The van der Waals surface area contributed by atoms with Crippen LogP contribution in [0.2, 0.25) is 0 Å². The molecule has 0 aliphatic carbocycles. The van der Waals surface area contributed by atoms with Crippen LogP contribution in [0.25, 0.3) is 0 Å². The van der Waals surface area contributed by atoms with Crippen LogP contribution < -0.4 is 3.83 Å². The zero-order valence-corrected chi connectivity index (χ0v) is 8.55. The van der Waals surface area contributed by atoms with Gasteiger partial charge in [0.2, 0.25) is 0 Å². The van der Waals surface area contributed by atoms with E-state index in [1.165, 1.54) is 0 Å². The van der Waals surface area contributed by atoms with Gasteiger partial charge < -0.3 is 3.83 Å². The van der Waals surface area contributed by atoms with Gasteiger partial charge >= 0.3 is 0 Å². The molecule has 4 heteroatoms. The number of hydrogen-bond donors (Lipinski definition) is 0. The van der Waals surface area contributed by atoms with E-state index in [2.05, 4.69) is 32.2 Å². The second kappa shape index (κ2) is 3.88. The average Bonchev–Trinajstić information content (AvgIpc) is 2.04. The van der Waals surface area contributed by atoms with Crippen molar-refractivity contribution in [1.82, 2.24) is 0 Å². The van der Waals surface area contributed by atoms with Crippen molar-refractivity contribution in [3.05, 3.63) is 28.2 Å². The van der Waals surface area contributed by atoms with Gasteiger partial charge in [-0.25, -0.2) is 0 Å². The number of carbonyl (C=O) groups excluding carboxylic acids is 1. The van der Waals surface area contributed by atoms with Gasteiger partial charge in [-0.1, -0.05) is 15.9 Å². The van der Waals surface area contributed by atoms with Gasteiger partial charge in [0.05, 0.1) is 5.56 Å². The minimum atomic E-state index is 0.509. The fraction of sp³-hybridized carbons (Fsp3) is 0. The molecule has 0 saturated heterocycles. The molecule has 0 aromatic heterocycles. The summed E-state index contributed by atoms with van der Waals surface area (Å²) in [6.07, 6.45) is 0.739. The summed E-state index contributed by atoms with van der Waals surface area (Å²) in [5.74, 6) is 0.509. The van der Waals surface area contributed by atoms with Gasteiger partial charge in [0.15, 0.2) is 22.5 Å². The Balaban J connectivity index is 3.16. The van der Waals surface area contributed by atoms with Gasteiger partial charge in [-0.05, 0) is 18.2 Å². The van der Waals surface area contributed by atoms with E-state index in [4.69, 9.17) is 3.83 Å². The van der Waals surface area contributed by atoms with Crippen LogP contribution in [0.3, 0.4) is 0 Å². The zero-order chi connectivity index (χ0) is 8.27. The summed E-state index contributed by atoms with van der Waals surface area (Å²) in [4.78, 5) is 10.4. The first-order valence-electron chi connectivity index (χ1n) is 2.81. The van der Waals surface area contributed by atoms with Crippen LogP contribution in [0.15, 0.2) is 22.7 Å². The minimum absolute atomic E-state index is 0.509. The lowest BCUT2D eigenvalue weighted by atomic mass is 10.2. The van der Waals surface area contributed by atoms with E-state index in [9.17, 15) is 4.79 Å². The number of aldehydes is 1. The molecule has 0 heterocycles. The van der Waals surface area contributed by atoms with Crippen LogP contribution >= 0.6 is 32.2 Å². The van der Waals surface area contributed by atoms with Gasteiger partial charge in [-0.15, -0.1) is 0 Å². The Hall–Kier alpha value is -0.350. The first-order chi connectivity index (χ1) is 5.27. The zero-order valence-electron chi connectivity index (χ0n) is 5.38. The molecule has 0 bridgehead atoms. The van der Waals surface area contributed by atoms with E-state index in [-0.39, 0.29) is 0 Å².